The SMILES string of the molecule is Cc1cc(C(=O)NCCCOC(C)C)c2c(C)nn(-c3ccccc3Cl)c2n1. The van der Waals surface area contributed by atoms with Gasteiger partial charge in [-0.15, -0.1) is 0 Å². The van der Waals surface area contributed by atoms with Gasteiger partial charge in [0.05, 0.1) is 33.5 Å². The third-order valence-corrected chi connectivity index (χ3v) is 4.64. The average molecular weight is 401 g/mol. The Kier molecular flexibility index (Phi) is 6.31. The minimum absolute atomic E-state index is 0.137. The molecule has 0 aliphatic heterocycles. The molecule has 3 rings (SSSR count). The molecular weight excluding hydrogens is 376 g/mol. The largest absolute Gasteiger partial charge is 0.379 e. The van der Waals surface area contributed by atoms with Gasteiger partial charge in [-0.2, -0.15) is 5.10 Å². The quantitative estimate of drug-likeness (QED) is 0.602. The maximum atomic E-state index is 12.8. The van der Waals surface area contributed by atoms with E-state index in [9.17, 15) is 4.79 Å². The van der Waals surface area contributed by atoms with Crippen LogP contribution < -0.4 is 5.32 Å². The van der Waals surface area contributed by atoms with Crippen LogP contribution in [0.25, 0.3) is 16.7 Å². The zero-order valence-corrected chi connectivity index (χ0v) is 17.4. The van der Waals surface area contributed by atoms with Crippen molar-refractivity contribution in [2.24, 2.45) is 0 Å². The van der Waals surface area contributed by atoms with Gasteiger partial charge in [-0.1, -0.05) is 23.7 Å². The minimum Gasteiger partial charge on any atom is -0.379 e. The highest BCUT2D eigenvalue weighted by Gasteiger charge is 2.20. The van der Waals surface area contributed by atoms with Crippen molar-refractivity contribution >= 4 is 28.5 Å². The van der Waals surface area contributed by atoms with Gasteiger partial charge in [0.2, 0.25) is 0 Å². The molecule has 0 bridgehead atoms. The summed E-state index contributed by atoms with van der Waals surface area (Å²) in [6.07, 6.45) is 0.950. The number of halogens is 1. The van der Waals surface area contributed by atoms with Crippen molar-refractivity contribution in [1.29, 1.82) is 0 Å². The Morgan fingerprint density at radius 1 is 1.29 bits per heavy atom. The molecule has 1 aromatic carbocycles. The Hall–Kier alpha value is -2.44. The third kappa shape index (κ3) is 4.34. The van der Waals surface area contributed by atoms with Crippen LogP contribution in [0.3, 0.4) is 0 Å². The number of nitrogens with one attached hydrogen (secondary N) is 1. The molecule has 0 saturated heterocycles. The predicted octanol–water partition coefficient (Wildman–Crippen LogP) is 4.24. The Balaban J connectivity index is 1.92. The second-order valence-electron chi connectivity index (χ2n) is 6.99. The number of fused-ring (bicyclic) bond motifs is 1. The van der Waals surface area contributed by atoms with Crippen molar-refractivity contribution in [2.75, 3.05) is 13.2 Å². The number of rotatable bonds is 7. The van der Waals surface area contributed by atoms with Gasteiger partial charge in [-0.3, -0.25) is 4.79 Å². The number of hydrogen-bond donors (Lipinski definition) is 1. The monoisotopic (exact) mass is 400 g/mol. The van der Waals surface area contributed by atoms with Crippen molar-refractivity contribution in [2.45, 2.75) is 40.2 Å². The van der Waals surface area contributed by atoms with E-state index in [0.29, 0.717) is 29.4 Å². The molecule has 148 valence electrons. The molecule has 0 aliphatic carbocycles. The van der Waals surface area contributed by atoms with Crippen LogP contribution in [0.4, 0.5) is 0 Å². The molecule has 1 amide bonds. The molecule has 0 atom stereocenters. The van der Waals surface area contributed by atoms with Crippen LogP contribution in [-0.4, -0.2) is 39.9 Å². The lowest BCUT2D eigenvalue weighted by Crippen LogP contribution is -2.26. The molecule has 0 fully saturated rings. The van der Waals surface area contributed by atoms with E-state index in [2.05, 4.69) is 15.4 Å². The summed E-state index contributed by atoms with van der Waals surface area (Å²) in [5.41, 5.74) is 3.41. The van der Waals surface area contributed by atoms with Gasteiger partial charge in [0.1, 0.15) is 0 Å². The van der Waals surface area contributed by atoms with Crippen molar-refractivity contribution in [1.82, 2.24) is 20.1 Å². The van der Waals surface area contributed by atoms with E-state index in [1.165, 1.54) is 0 Å². The zero-order chi connectivity index (χ0) is 20.3. The van der Waals surface area contributed by atoms with Gasteiger partial charge < -0.3 is 10.1 Å². The lowest BCUT2D eigenvalue weighted by atomic mass is 10.1. The number of pyridine rings is 1. The molecule has 3 aromatic rings. The molecule has 0 radical (unpaired) electrons. The number of aromatic nitrogens is 3. The van der Waals surface area contributed by atoms with Crippen molar-refractivity contribution in [3.63, 3.8) is 0 Å². The van der Waals surface area contributed by atoms with Gasteiger partial charge in [0.15, 0.2) is 5.65 Å². The highest BCUT2D eigenvalue weighted by atomic mass is 35.5. The second kappa shape index (κ2) is 8.71. The van der Waals surface area contributed by atoms with Crippen LogP contribution in [0, 0.1) is 13.8 Å². The standard InChI is InChI=1S/C21H25ClN4O2/c1-13(2)28-11-7-10-23-21(27)16-12-14(3)24-20-19(16)15(4)25-26(20)18-9-6-5-8-17(18)22/h5-6,8-9,12-13H,7,10-11H2,1-4H3,(H,23,27). The summed E-state index contributed by atoms with van der Waals surface area (Å²) >= 11 is 6.35. The summed E-state index contributed by atoms with van der Waals surface area (Å²) in [4.78, 5) is 17.5. The van der Waals surface area contributed by atoms with E-state index in [1.54, 1.807) is 10.7 Å². The summed E-state index contributed by atoms with van der Waals surface area (Å²) in [6, 6.07) is 9.25. The van der Waals surface area contributed by atoms with Gasteiger partial charge >= 0.3 is 0 Å². The summed E-state index contributed by atoms with van der Waals surface area (Å²) in [5.74, 6) is -0.137. The van der Waals surface area contributed by atoms with Crippen LogP contribution in [0.15, 0.2) is 30.3 Å². The Morgan fingerprint density at radius 2 is 2.04 bits per heavy atom. The molecule has 7 heteroatoms. The number of amides is 1. The summed E-state index contributed by atoms with van der Waals surface area (Å²) in [5, 5.41) is 8.89. The van der Waals surface area contributed by atoms with Gasteiger partial charge in [-0.25, -0.2) is 9.67 Å². The smallest absolute Gasteiger partial charge is 0.252 e. The van der Waals surface area contributed by atoms with Crippen LogP contribution in [0.1, 0.15) is 42.0 Å². The highest BCUT2D eigenvalue weighted by molar-refractivity contribution is 6.32. The maximum Gasteiger partial charge on any atom is 0.252 e. The van der Waals surface area contributed by atoms with Crippen LogP contribution in [0.2, 0.25) is 5.02 Å². The summed E-state index contributed by atoms with van der Waals surface area (Å²) in [6.45, 7) is 8.90. The number of carbonyl (C=O) groups is 1. The van der Waals surface area contributed by atoms with E-state index < -0.39 is 0 Å². The lowest BCUT2D eigenvalue weighted by molar-refractivity contribution is 0.0757. The maximum absolute atomic E-state index is 12.8. The molecule has 28 heavy (non-hydrogen) atoms. The number of para-hydroxylation sites is 1. The number of hydrogen-bond acceptors (Lipinski definition) is 4. The first-order valence-electron chi connectivity index (χ1n) is 9.40. The number of aryl methyl sites for hydroxylation is 2. The van der Waals surface area contributed by atoms with Crippen molar-refractivity contribution in [3.8, 4) is 5.69 Å². The molecule has 0 aliphatic rings. The number of ether oxygens (including phenoxy) is 1. The third-order valence-electron chi connectivity index (χ3n) is 4.32. The fourth-order valence-electron chi connectivity index (χ4n) is 3.07. The van der Waals surface area contributed by atoms with E-state index in [0.717, 1.165) is 28.9 Å². The highest BCUT2D eigenvalue weighted by Crippen LogP contribution is 2.27. The van der Waals surface area contributed by atoms with Crippen molar-refractivity contribution in [3.05, 3.63) is 52.3 Å². The first kappa shape index (κ1) is 20.3. The Bertz CT molecular complexity index is 997. The average Bonchev–Trinajstić information content (AvgIpc) is 2.97. The minimum atomic E-state index is -0.137. The molecule has 2 heterocycles. The first-order valence-corrected chi connectivity index (χ1v) is 9.78. The second-order valence-corrected chi connectivity index (χ2v) is 7.39. The van der Waals surface area contributed by atoms with Gasteiger partial charge in [0, 0.05) is 18.8 Å². The number of nitrogens with zero attached hydrogens (tertiary/aromatic N) is 3. The normalized spacial score (nSPS) is 11.4. The Labute approximate surface area is 169 Å². The molecule has 1 N–H and O–H groups in total. The number of benzene rings is 1. The van der Waals surface area contributed by atoms with Crippen molar-refractivity contribution < 1.29 is 9.53 Å². The molecular formula is C21H25ClN4O2. The van der Waals surface area contributed by atoms with Gasteiger partial charge in [0.25, 0.3) is 5.91 Å². The zero-order valence-electron chi connectivity index (χ0n) is 16.6. The fourth-order valence-corrected chi connectivity index (χ4v) is 3.29. The summed E-state index contributed by atoms with van der Waals surface area (Å²) in [7, 11) is 0. The van der Waals surface area contributed by atoms with Gasteiger partial charge in [-0.05, 0) is 52.3 Å². The van der Waals surface area contributed by atoms with E-state index in [1.807, 2.05) is 52.0 Å². The fraction of sp³-hybridized carbons (Fsp3) is 0.381. The molecule has 6 nitrogen and oxygen atoms in total. The Morgan fingerprint density at radius 3 is 2.75 bits per heavy atom. The molecule has 0 saturated carbocycles. The van der Waals surface area contributed by atoms with Crippen LogP contribution in [0.5, 0.6) is 0 Å². The van der Waals surface area contributed by atoms with Crippen LogP contribution >= 0.6 is 11.6 Å². The van der Waals surface area contributed by atoms with E-state index in [4.69, 9.17) is 16.3 Å². The first-order chi connectivity index (χ1) is 13.4. The topological polar surface area (TPSA) is 69.0 Å². The van der Waals surface area contributed by atoms with E-state index in [-0.39, 0.29) is 12.0 Å². The van der Waals surface area contributed by atoms with Crippen LogP contribution in [-0.2, 0) is 4.74 Å². The number of carbonyl (C=O) groups excluding carboxylic acids is 1. The lowest BCUT2D eigenvalue weighted by Gasteiger charge is -2.10. The molecule has 2 aromatic heterocycles. The molecule has 0 spiro atoms. The van der Waals surface area contributed by atoms with E-state index >= 15 is 0 Å². The summed E-state index contributed by atoms with van der Waals surface area (Å²) < 4.78 is 7.22. The molecule has 0 unspecified atom stereocenters. The predicted molar refractivity (Wildman–Crippen MR) is 111 cm³/mol.